The normalized spacial score (nSPS) is 10.9. The summed E-state index contributed by atoms with van der Waals surface area (Å²) in [5.41, 5.74) is 2.28. The lowest BCUT2D eigenvalue weighted by atomic mass is 10.1. The van der Waals surface area contributed by atoms with Crippen molar-refractivity contribution in [3.63, 3.8) is 0 Å². The summed E-state index contributed by atoms with van der Waals surface area (Å²) < 4.78 is 1.72. The number of ketones is 1. The third-order valence-electron chi connectivity index (χ3n) is 2.77. The number of carbonyl (C=O) groups excluding carboxylic acids is 1. The Kier molecular flexibility index (Phi) is 2.30. The van der Waals surface area contributed by atoms with Crippen LogP contribution in [0, 0.1) is 6.92 Å². The lowest BCUT2D eigenvalue weighted by Crippen LogP contribution is -2.00. The van der Waals surface area contributed by atoms with Crippen LogP contribution in [0.25, 0.3) is 5.52 Å². The molecule has 3 nitrogen and oxygen atoms in total. The predicted octanol–water partition coefficient (Wildman–Crippen LogP) is 2.94. The van der Waals surface area contributed by atoms with Gasteiger partial charge in [0, 0.05) is 16.6 Å². The molecular formula is C13H10N2OS. The van der Waals surface area contributed by atoms with E-state index >= 15 is 0 Å². The number of nitrogens with zero attached hydrogens (tertiary/aromatic N) is 2. The number of fused-ring (bicyclic) bond motifs is 1. The first-order valence-electron chi connectivity index (χ1n) is 5.28. The van der Waals surface area contributed by atoms with Crippen LogP contribution in [0.15, 0.2) is 42.0 Å². The van der Waals surface area contributed by atoms with Crippen molar-refractivity contribution in [3.8, 4) is 0 Å². The maximum absolute atomic E-state index is 12.4. The van der Waals surface area contributed by atoms with E-state index < -0.39 is 0 Å². The van der Waals surface area contributed by atoms with Gasteiger partial charge in [-0.25, -0.2) is 4.52 Å². The molecule has 0 N–H and O–H groups in total. The van der Waals surface area contributed by atoms with Gasteiger partial charge >= 0.3 is 0 Å². The van der Waals surface area contributed by atoms with Gasteiger partial charge in [0.2, 0.25) is 0 Å². The van der Waals surface area contributed by atoms with E-state index in [0.29, 0.717) is 5.56 Å². The van der Waals surface area contributed by atoms with Gasteiger partial charge in [0.1, 0.15) is 0 Å². The van der Waals surface area contributed by atoms with Gasteiger partial charge in [0.05, 0.1) is 17.3 Å². The fourth-order valence-electron chi connectivity index (χ4n) is 1.88. The zero-order valence-electron chi connectivity index (χ0n) is 9.25. The Hall–Kier alpha value is -1.94. The second-order valence-corrected chi connectivity index (χ2v) is 4.93. The molecule has 4 heteroatoms. The number of rotatable bonds is 2. The molecule has 0 fully saturated rings. The van der Waals surface area contributed by atoms with Crippen molar-refractivity contribution < 1.29 is 4.79 Å². The molecule has 3 heterocycles. The molecule has 0 saturated heterocycles. The topological polar surface area (TPSA) is 34.4 Å². The number of hydrogen-bond acceptors (Lipinski definition) is 3. The van der Waals surface area contributed by atoms with Gasteiger partial charge in [0.25, 0.3) is 0 Å². The van der Waals surface area contributed by atoms with Gasteiger partial charge in [-0.2, -0.15) is 5.10 Å². The van der Waals surface area contributed by atoms with E-state index in [0.717, 1.165) is 16.0 Å². The third-order valence-corrected chi connectivity index (χ3v) is 3.62. The van der Waals surface area contributed by atoms with E-state index in [1.165, 1.54) is 0 Å². The molecule has 0 aliphatic rings. The Bertz CT molecular complexity index is 696. The number of pyridine rings is 1. The van der Waals surface area contributed by atoms with Crippen LogP contribution in [0.2, 0.25) is 0 Å². The maximum Gasteiger partial charge on any atom is 0.197 e. The van der Waals surface area contributed by atoms with Crippen LogP contribution < -0.4 is 0 Å². The molecule has 0 aliphatic carbocycles. The quantitative estimate of drug-likeness (QED) is 0.647. The first-order chi connectivity index (χ1) is 8.27. The summed E-state index contributed by atoms with van der Waals surface area (Å²) in [6.07, 6.45) is 3.47. The molecule has 3 aromatic heterocycles. The smallest absolute Gasteiger partial charge is 0.197 e. The molecule has 0 saturated carbocycles. The molecule has 0 unspecified atom stereocenters. The van der Waals surface area contributed by atoms with Crippen LogP contribution in [0.3, 0.4) is 0 Å². The Morgan fingerprint density at radius 3 is 2.94 bits per heavy atom. The Morgan fingerprint density at radius 2 is 2.18 bits per heavy atom. The van der Waals surface area contributed by atoms with Crippen molar-refractivity contribution in [1.82, 2.24) is 9.61 Å². The first kappa shape index (κ1) is 10.2. The SMILES string of the molecule is Cc1sccc1C(=O)c1cnn2ccccc12. The van der Waals surface area contributed by atoms with Gasteiger partial charge in [-0.05, 0) is 30.5 Å². The van der Waals surface area contributed by atoms with Crippen LogP contribution >= 0.6 is 11.3 Å². The monoisotopic (exact) mass is 242 g/mol. The van der Waals surface area contributed by atoms with Gasteiger partial charge in [0.15, 0.2) is 5.78 Å². The number of aryl methyl sites for hydroxylation is 1. The highest BCUT2D eigenvalue weighted by atomic mass is 32.1. The van der Waals surface area contributed by atoms with Crippen LogP contribution in [-0.4, -0.2) is 15.4 Å². The van der Waals surface area contributed by atoms with Crippen molar-refractivity contribution in [2.24, 2.45) is 0 Å². The van der Waals surface area contributed by atoms with E-state index in [4.69, 9.17) is 0 Å². The zero-order chi connectivity index (χ0) is 11.8. The molecule has 0 atom stereocenters. The van der Waals surface area contributed by atoms with E-state index in [1.54, 1.807) is 22.0 Å². The minimum absolute atomic E-state index is 0.0463. The summed E-state index contributed by atoms with van der Waals surface area (Å²) in [7, 11) is 0. The summed E-state index contributed by atoms with van der Waals surface area (Å²) >= 11 is 1.59. The Labute approximate surface area is 102 Å². The molecule has 0 aliphatic heterocycles. The molecule has 3 aromatic rings. The lowest BCUT2D eigenvalue weighted by Gasteiger charge is -1.98. The predicted molar refractivity (Wildman–Crippen MR) is 67.7 cm³/mol. The van der Waals surface area contributed by atoms with Crippen LogP contribution in [-0.2, 0) is 0 Å². The molecule has 0 aromatic carbocycles. The lowest BCUT2D eigenvalue weighted by molar-refractivity contribution is 0.104. The zero-order valence-corrected chi connectivity index (χ0v) is 10.1. The number of carbonyl (C=O) groups is 1. The van der Waals surface area contributed by atoms with Crippen LogP contribution in [0.5, 0.6) is 0 Å². The largest absolute Gasteiger partial charge is 0.288 e. The molecule has 0 radical (unpaired) electrons. The molecular weight excluding hydrogens is 232 g/mol. The van der Waals surface area contributed by atoms with Crippen LogP contribution in [0.1, 0.15) is 20.8 Å². The van der Waals surface area contributed by atoms with Gasteiger partial charge in [-0.1, -0.05) is 6.07 Å². The van der Waals surface area contributed by atoms with Crippen LogP contribution in [0.4, 0.5) is 0 Å². The van der Waals surface area contributed by atoms with E-state index in [-0.39, 0.29) is 5.78 Å². The average molecular weight is 242 g/mol. The molecule has 17 heavy (non-hydrogen) atoms. The van der Waals surface area contributed by atoms with E-state index in [2.05, 4.69) is 5.10 Å². The fourth-order valence-corrected chi connectivity index (χ4v) is 2.57. The minimum Gasteiger partial charge on any atom is -0.288 e. The van der Waals surface area contributed by atoms with Crippen molar-refractivity contribution in [2.75, 3.05) is 0 Å². The summed E-state index contributed by atoms with van der Waals surface area (Å²) in [4.78, 5) is 13.4. The Morgan fingerprint density at radius 1 is 1.29 bits per heavy atom. The second-order valence-electron chi connectivity index (χ2n) is 3.81. The molecule has 0 amide bonds. The minimum atomic E-state index is 0.0463. The Balaban J connectivity index is 2.17. The van der Waals surface area contributed by atoms with E-state index in [9.17, 15) is 4.79 Å². The second kappa shape index (κ2) is 3.82. The fraction of sp³-hybridized carbons (Fsp3) is 0.0769. The standard InChI is InChI=1S/C13H10N2OS/c1-9-10(5-7-17-9)13(16)11-8-14-15-6-3-2-4-12(11)15/h2-8H,1H3. The molecule has 0 bridgehead atoms. The summed E-state index contributed by atoms with van der Waals surface area (Å²) in [5, 5.41) is 6.12. The van der Waals surface area contributed by atoms with Crippen molar-refractivity contribution in [2.45, 2.75) is 6.92 Å². The number of hydrogen-bond donors (Lipinski definition) is 0. The number of thiophene rings is 1. The third kappa shape index (κ3) is 1.57. The first-order valence-corrected chi connectivity index (χ1v) is 6.16. The van der Waals surface area contributed by atoms with Crippen molar-refractivity contribution in [1.29, 1.82) is 0 Å². The van der Waals surface area contributed by atoms with Gasteiger partial charge < -0.3 is 0 Å². The summed E-state index contributed by atoms with van der Waals surface area (Å²) in [6, 6.07) is 7.58. The average Bonchev–Trinajstić information content (AvgIpc) is 2.94. The van der Waals surface area contributed by atoms with Gasteiger partial charge in [-0.15, -0.1) is 11.3 Å². The van der Waals surface area contributed by atoms with Crippen molar-refractivity contribution in [3.05, 3.63) is 58.0 Å². The molecule has 84 valence electrons. The molecule has 0 spiro atoms. The summed E-state index contributed by atoms with van der Waals surface area (Å²) in [5.74, 6) is 0.0463. The number of aromatic nitrogens is 2. The highest BCUT2D eigenvalue weighted by Gasteiger charge is 2.16. The highest BCUT2D eigenvalue weighted by molar-refractivity contribution is 7.10. The maximum atomic E-state index is 12.4. The van der Waals surface area contributed by atoms with Gasteiger partial charge in [-0.3, -0.25) is 4.79 Å². The molecule has 3 rings (SSSR count). The summed E-state index contributed by atoms with van der Waals surface area (Å²) in [6.45, 7) is 1.96. The highest BCUT2D eigenvalue weighted by Crippen LogP contribution is 2.21. The van der Waals surface area contributed by atoms with Crippen molar-refractivity contribution >= 4 is 22.6 Å². The van der Waals surface area contributed by atoms with E-state index in [1.807, 2.05) is 42.8 Å².